The van der Waals surface area contributed by atoms with Gasteiger partial charge in [-0.1, -0.05) is 24.3 Å². The third-order valence-corrected chi connectivity index (χ3v) is 4.57. The number of ether oxygens (including phenoxy) is 2. The summed E-state index contributed by atoms with van der Waals surface area (Å²) in [7, 11) is 3.27. The molecule has 1 N–H and O–H groups in total. The third kappa shape index (κ3) is 2.44. The van der Waals surface area contributed by atoms with Crippen molar-refractivity contribution in [2.45, 2.75) is 31.3 Å². The number of carbonyl (C=O) groups excluding carboxylic acids is 1. The van der Waals surface area contributed by atoms with Crippen LogP contribution in [0.25, 0.3) is 10.8 Å². The molecule has 0 saturated heterocycles. The molecule has 0 atom stereocenters. The Labute approximate surface area is 130 Å². The van der Waals surface area contributed by atoms with Gasteiger partial charge in [0.15, 0.2) is 0 Å². The van der Waals surface area contributed by atoms with Crippen molar-refractivity contribution < 1.29 is 14.3 Å². The fourth-order valence-electron chi connectivity index (χ4n) is 3.26. The van der Waals surface area contributed by atoms with Crippen LogP contribution in [0.4, 0.5) is 5.69 Å². The molecule has 116 valence electrons. The molecule has 2 aromatic rings. The van der Waals surface area contributed by atoms with E-state index < -0.39 is 5.60 Å². The molecular formula is C18H21NO3. The largest absolute Gasteiger partial charge is 0.496 e. The van der Waals surface area contributed by atoms with Gasteiger partial charge in [-0.25, -0.2) is 0 Å². The molecule has 1 saturated carbocycles. The summed E-state index contributed by atoms with van der Waals surface area (Å²) < 4.78 is 10.9. The molecule has 0 aromatic heterocycles. The first-order chi connectivity index (χ1) is 10.7. The lowest BCUT2D eigenvalue weighted by Crippen LogP contribution is -2.42. The van der Waals surface area contributed by atoms with E-state index in [-0.39, 0.29) is 5.91 Å². The average Bonchev–Trinajstić information content (AvgIpc) is 3.05. The van der Waals surface area contributed by atoms with E-state index in [1.807, 2.05) is 36.4 Å². The van der Waals surface area contributed by atoms with Gasteiger partial charge in [0.25, 0.3) is 5.91 Å². The maximum Gasteiger partial charge on any atom is 0.256 e. The maximum atomic E-state index is 12.7. The number of benzene rings is 2. The van der Waals surface area contributed by atoms with Crippen molar-refractivity contribution in [3.05, 3.63) is 36.4 Å². The van der Waals surface area contributed by atoms with E-state index in [4.69, 9.17) is 9.47 Å². The molecule has 22 heavy (non-hydrogen) atoms. The fourth-order valence-corrected chi connectivity index (χ4v) is 3.26. The lowest BCUT2D eigenvalue weighted by atomic mass is 10.00. The van der Waals surface area contributed by atoms with E-state index in [0.29, 0.717) is 0 Å². The van der Waals surface area contributed by atoms with Gasteiger partial charge in [-0.05, 0) is 37.8 Å². The number of anilines is 1. The Balaban J connectivity index is 1.96. The summed E-state index contributed by atoms with van der Waals surface area (Å²) in [6.45, 7) is 0. The van der Waals surface area contributed by atoms with Crippen molar-refractivity contribution in [1.29, 1.82) is 0 Å². The van der Waals surface area contributed by atoms with Gasteiger partial charge in [0.2, 0.25) is 0 Å². The molecule has 2 aromatic carbocycles. The van der Waals surface area contributed by atoms with Crippen LogP contribution in [0.1, 0.15) is 25.7 Å². The highest BCUT2D eigenvalue weighted by molar-refractivity contribution is 6.06. The van der Waals surface area contributed by atoms with Crippen LogP contribution in [0, 0.1) is 0 Å². The van der Waals surface area contributed by atoms with Crippen molar-refractivity contribution in [2.75, 3.05) is 19.5 Å². The van der Waals surface area contributed by atoms with Gasteiger partial charge in [-0.3, -0.25) is 4.79 Å². The van der Waals surface area contributed by atoms with Crippen LogP contribution in [0.2, 0.25) is 0 Å². The number of carbonyl (C=O) groups is 1. The van der Waals surface area contributed by atoms with Crippen LogP contribution < -0.4 is 10.1 Å². The smallest absolute Gasteiger partial charge is 0.256 e. The summed E-state index contributed by atoms with van der Waals surface area (Å²) >= 11 is 0. The summed E-state index contributed by atoms with van der Waals surface area (Å²) in [4.78, 5) is 12.7. The summed E-state index contributed by atoms with van der Waals surface area (Å²) in [6, 6.07) is 11.7. The standard InChI is InChI=1S/C18H21NO3/c1-21-16-10-9-15(13-7-3-4-8-14(13)16)19-17(20)18(22-2)11-5-6-12-18/h3-4,7-10H,5-6,11-12H2,1-2H3,(H,19,20). The van der Waals surface area contributed by atoms with Crippen LogP contribution in [0.3, 0.4) is 0 Å². The van der Waals surface area contributed by atoms with Crippen LogP contribution in [-0.2, 0) is 9.53 Å². The monoisotopic (exact) mass is 299 g/mol. The average molecular weight is 299 g/mol. The second kappa shape index (κ2) is 5.97. The first-order valence-corrected chi connectivity index (χ1v) is 7.62. The molecule has 0 unspecified atom stereocenters. The molecule has 0 spiro atoms. The minimum Gasteiger partial charge on any atom is -0.496 e. The SMILES string of the molecule is COc1ccc(NC(=O)C2(OC)CCCC2)c2ccccc12. The zero-order chi connectivity index (χ0) is 15.6. The van der Waals surface area contributed by atoms with E-state index in [0.717, 1.165) is 47.9 Å². The number of amides is 1. The predicted molar refractivity (Wildman–Crippen MR) is 87.3 cm³/mol. The first-order valence-electron chi connectivity index (χ1n) is 7.62. The summed E-state index contributed by atoms with van der Waals surface area (Å²) in [5, 5.41) is 5.01. The quantitative estimate of drug-likeness (QED) is 0.935. The minimum absolute atomic E-state index is 0.0529. The number of hydrogen-bond acceptors (Lipinski definition) is 3. The third-order valence-electron chi connectivity index (χ3n) is 4.57. The number of rotatable bonds is 4. The van der Waals surface area contributed by atoms with Crippen LogP contribution in [0.5, 0.6) is 5.75 Å². The number of fused-ring (bicyclic) bond motifs is 1. The molecule has 0 radical (unpaired) electrons. The molecule has 1 aliphatic rings. The van der Waals surface area contributed by atoms with E-state index >= 15 is 0 Å². The van der Waals surface area contributed by atoms with Gasteiger partial charge in [-0.15, -0.1) is 0 Å². The zero-order valence-corrected chi connectivity index (χ0v) is 13.0. The van der Waals surface area contributed by atoms with E-state index in [9.17, 15) is 4.79 Å². The molecule has 1 amide bonds. The van der Waals surface area contributed by atoms with Gasteiger partial charge < -0.3 is 14.8 Å². The van der Waals surface area contributed by atoms with Crippen molar-refractivity contribution >= 4 is 22.4 Å². The van der Waals surface area contributed by atoms with E-state index in [1.54, 1.807) is 14.2 Å². The normalized spacial score (nSPS) is 16.6. The Morgan fingerprint density at radius 2 is 1.73 bits per heavy atom. The molecule has 4 nitrogen and oxygen atoms in total. The van der Waals surface area contributed by atoms with Gasteiger partial charge >= 0.3 is 0 Å². The number of methoxy groups -OCH3 is 2. The molecule has 0 aliphatic heterocycles. The Kier molecular flexibility index (Phi) is 4.03. The van der Waals surface area contributed by atoms with E-state index in [2.05, 4.69) is 5.32 Å². The summed E-state index contributed by atoms with van der Waals surface area (Å²) in [5.74, 6) is 0.749. The summed E-state index contributed by atoms with van der Waals surface area (Å²) in [5.41, 5.74) is 0.117. The number of nitrogens with one attached hydrogen (secondary N) is 1. The first kappa shape index (κ1) is 14.9. The molecule has 3 rings (SSSR count). The molecule has 4 heteroatoms. The second-order valence-electron chi connectivity index (χ2n) is 5.72. The van der Waals surface area contributed by atoms with Crippen LogP contribution >= 0.6 is 0 Å². The predicted octanol–water partition coefficient (Wildman–Crippen LogP) is 3.75. The zero-order valence-electron chi connectivity index (χ0n) is 13.0. The highest BCUT2D eigenvalue weighted by atomic mass is 16.5. The van der Waals surface area contributed by atoms with Crippen LogP contribution in [-0.4, -0.2) is 25.7 Å². The highest BCUT2D eigenvalue weighted by Crippen LogP contribution is 2.36. The van der Waals surface area contributed by atoms with Gasteiger partial charge in [0.05, 0.1) is 7.11 Å². The Morgan fingerprint density at radius 3 is 2.36 bits per heavy atom. The molecule has 0 heterocycles. The number of hydrogen-bond donors (Lipinski definition) is 1. The van der Waals surface area contributed by atoms with E-state index in [1.165, 1.54) is 0 Å². The van der Waals surface area contributed by atoms with Crippen molar-refractivity contribution in [3.8, 4) is 5.75 Å². The topological polar surface area (TPSA) is 47.6 Å². The Hall–Kier alpha value is -2.07. The highest BCUT2D eigenvalue weighted by Gasteiger charge is 2.41. The lowest BCUT2D eigenvalue weighted by Gasteiger charge is -2.26. The minimum atomic E-state index is -0.680. The van der Waals surface area contributed by atoms with Crippen molar-refractivity contribution in [3.63, 3.8) is 0 Å². The lowest BCUT2D eigenvalue weighted by molar-refractivity contribution is -0.136. The van der Waals surface area contributed by atoms with Gasteiger partial charge in [-0.2, -0.15) is 0 Å². The van der Waals surface area contributed by atoms with Gasteiger partial charge in [0.1, 0.15) is 11.4 Å². The molecule has 0 bridgehead atoms. The van der Waals surface area contributed by atoms with Crippen molar-refractivity contribution in [2.24, 2.45) is 0 Å². The van der Waals surface area contributed by atoms with Crippen molar-refractivity contribution in [1.82, 2.24) is 0 Å². The van der Waals surface area contributed by atoms with Crippen LogP contribution in [0.15, 0.2) is 36.4 Å². The molecule has 1 fully saturated rings. The Morgan fingerprint density at radius 1 is 1.05 bits per heavy atom. The Bertz CT molecular complexity index is 690. The van der Waals surface area contributed by atoms with Gasteiger partial charge in [0, 0.05) is 23.6 Å². The molecule has 1 aliphatic carbocycles. The molecular weight excluding hydrogens is 278 g/mol. The maximum absolute atomic E-state index is 12.7. The summed E-state index contributed by atoms with van der Waals surface area (Å²) in [6.07, 6.45) is 3.63. The second-order valence-corrected chi connectivity index (χ2v) is 5.72. The fraction of sp³-hybridized carbons (Fsp3) is 0.389.